The highest BCUT2D eigenvalue weighted by Crippen LogP contribution is 2.38. The van der Waals surface area contributed by atoms with Crippen molar-refractivity contribution in [2.24, 2.45) is 14.1 Å². The second kappa shape index (κ2) is 6.90. The molecule has 0 saturated carbocycles. The standard InChI is InChI=1S/C22H24N8O/c1-22(2)9-7-19(31)25-17-11-15(5-6-16(17)22)24-21-26-18-8-10-28(3)20(30(18)27-21)14-12-23-29(4)13-14/h5-6,8,10-13H,7,9H2,1-4H3,(H-,24,25,27,31)/p+1. The molecule has 9 nitrogen and oxygen atoms in total. The van der Waals surface area contributed by atoms with Crippen LogP contribution in [0.25, 0.3) is 17.0 Å². The maximum absolute atomic E-state index is 12.2. The number of amides is 1. The number of nitrogens with one attached hydrogen (secondary N) is 2. The van der Waals surface area contributed by atoms with Gasteiger partial charge in [0.1, 0.15) is 5.56 Å². The molecule has 31 heavy (non-hydrogen) atoms. The third-order valence-corrected chi connectivity index (χ3v) is 5.83. The van der Waals surface area contributed by atoms with Crippen LogP contribution in [0.1, 0.15) is 32.3 Å². The number of carbonyl (C=O) groups is 1. The molecule has 0 radical (unpaired) electrons. The molecule has 0 atom stereocenters. The van der Waals surface area contributed by atoms with Gasteiger partial charge in [0.25, 0.3) is 11.6 Å². The Balaban J connectivity index is 1.53. The van der Waals surface area contributed by atoms with Crippen molar-refractivity contribution in [3.8, 4) is 11.4 Å². The fraction of sp³-hybridized carbons (Fsp3) is 0.318. The van der Waals surface area contributed by atoms with Gasteiger partial charge in [0.05, 0.1) is 19.4 Å². The summed E-state index contributed by atoms with van der Waals surface area (Å²) in [6.07, 6.45) is 7.05. The van der Waals surface area contributed by atoms with Crippen molar-refractivity contribution in [2.75, 3.05) is 10.6 Å². The summed E-state index contributed by atoms with van der Waals surface area (Å²) < 4.78 is 5.55. The van der Waals surface area contributed by atoms with Crippen LogP contribution < -0.4 is 15.2 Å². The smallest absolute Gasteiger partial charge is 0.319 e. The zero-order chi connectivity index (χ0) is 21.8. The second-order valence-electron chi connectivity index (χ2n) is 8.68. The van der Waals surface area contributed by atoms with E-state index in [1.165, 1.54) is 0 Å². The maximum Gasteiger partial charge on any atom is 0.319 e. The first kappa shape index (κ1) is 19.2. The van der Waals surface area contributed by atoms with Gasteiger partial charge in [0.15, 0.2) is 0 Å². The highest BCUT2D eigenvalue weighted by atomic mass is 16.1. The van der Waals surface area contributed by atoms with Crippen molar-refractivity contribution in [3.63, 3.8) is 0 Å². The summed E-state index contributed by atoms with van der Waals surface area (Å²) in [6, 6.07) is 7.94. The van der Waals surface area contributed by atoms with Gasteiger partial charge in [0.2, 0.25) is 5.91 Å². The zero-order valence-corrected chi connectivity index (χ0v) is 18.0. The quantitative estimate of drug-likeness (QED) is 0.500. The van der Waals surface area contributed by atoms with E-state index in [9.17, 15) is 4.79 Å². The van der Waals surface area contributed by atoms with Gasteiger partial charge in [-0.2, -0.15) is 10.1 Å². The number of rotatable bonds is 3. The van der Waals surface area contributed by atoms with E-state index in [2.05, 4.69) is 45.7 Å². The second-order valence-corrected chi connectivity index (χ2v) is 8.68. The highest BCUT2D eigenvalue weighted by Gasteiger charge is 2.29. The summed E-state index contributed by atoms with van der Waals surface area (Å²) in [5.74, 6) is 1.40. The van der Waals surface area contributed by atoms with Gasteiger partial charge in [-0.1, -0.05) is 24.4 Å². The lowest BCUT2D eigenvalue weighted by molar-refractivity contribution is -0.663. The first-order valence-corrected chi connectivity index (χ1v) is 10.3. The largest absolute Gasteiger partial charge is 0.326 e. The Kier molecular flexibility index (Phi) is 4.28. The van der Waals surface area contributed by atoms with Crippen LogP contribution in [0.4, 0.5) is 17.3 Å². The van der Waals surface area contributed by atoms with Crippen LogP contribution in [0.3, 0.4) is 0 Å². The van der Waals surface area contributed by atoms with Gasteiger partial charge in [0, 0.05) is 37.1 Å². The molecule has 5 rings (SSSR count). The fourth-order valence-corrected chi connectivity index (χ4v) is 4.12. The van der Waals surface area contributed by atoms with Crippen molar-refractivity contribution in [3.05, 3.63) is 48.4 Å². The van der Waals surface area contributed by atoms with Crippen molar-refractivity contribution in [2.45, 2.75) is 32.1 Å². The van der Waals surface area contributed by atoms with Gasteiger partial charge in [-0.3, -0.25) is 9.48 Å². The molecule has 0 unspecified atom stereocenters. The Labute approximate surface area is 179 Å². The molecule has 2 N–H and O–H groups in total. The van der Waals surface area contributed by atoms with E-state index in [1.54, 1.807) is 15.4 Å². The van der Waals surface area contributed by atoms with Crippen LogP contribution in [0.5, 0.6) is 0 Å². The van der Waals surface area contributed by atoms with Crippen LogP contribution in [0, 0.1) is 0 Å². The minimum atomic E-state index is -0.0677. The lowest BCUT2D eigenvalue weighted by atomic mass is 9.80. The number of fused-ring (bicyclic) bond motifs is 2. The maximum atomic E-state index is 12.2. The lowest BCUT2D eigenvalue weighted by Crippen LogP contribution is -2.33. The Morgan fingerprint density at radius 2 is 2.10 bits per heavy atom. The molecule has 1 amide bonds. The van der Waals surface area contributed by atoms with E-state index in [0.717, 1.165) is 40.4 Å². The Hall–Kier alpha value is -3.75. The van der Waals surface area contributed by atoms with Crippen molar-refractivity contribution >= 4 is 28.9 Å². The summed E-state index contributed by atoms with van der Waals surface area (Å²) in [6.45, 7) is 4.34. The van der Waals surface area contributed by atoms with Gasteiger partial charge < -0.3 is 10.6 Å². The summed E-state index contributed by atoms with van der Waals surface area (Å²) >= 11 is 0. The average molecular weight is 417 g/mol. The molecule has 0 saturated heterocycles. The summed E-state index contributed by atoms with van der Waals surface area (Å²) in [7, 11) is 3.85. The van der Waals surface area contributed by atoms with Crippen LogP contribution in [0.15, 0.2) is 42.9 Å². The molecule has 4 heterocycles. The lowest BCUT2D eigenvalue weighted by Gasteiger charge is -2.24. The molecular formula is C22H25N8O+. The molecule has 1 aromatic carbocycles. The minimum Gasteiger partial charge on any atom is -0.326 e. The average Bonchev–Trinajstić information content (AvgIpc) is 3.29. The van der Waals surface area contributed by atoms with Crippen LogP contribution in [-0.4, -0.2) is 30.3 Å². The SMILES string of the molecule is Cn1cc(-c2n3nc(Nc4ccc5c(c4)NC(=O)CCC5(C)C)nc3cc[n+]2C)cn1. The zero-order valence-electron chi connectivity index (χ0n) is 18.0. The van der Waals surface area contributed by atoms with E-state index >= 15 is 0 Å². The van der Waals surface area contributed by atoms with E-state index < -0.39 is 0 Å². The number of nitrogens with zero attached hydrogens (tertiary/aromatic N) is 6. The van der Waals surface area contributed by atoms with Crippen molar-refractivity contribution in [1.29, 1.82) is 0 Å². The topological polar surface area (TPSA) is 93.0 Å². The molecule has 158 valence electrons. The van der Waals surface area contributed by atoms with E-state index in [4.69, 9.17) is 0 Å². The molecule has 9 heteroatoms. The van der Waals surface area contributed by atoms with Crippen LogP contribution in [-0.2, 0) is 24.3 Å². The van der Waals surface area contributed by atoms with Crippen molar-refractivity contribution in [1.82, 2.24) is 24.4 Å². The Morgan fingerprint density at radius 3 is 2.87 bits per heavy atom. The number of carbonyl (C=O) groups excluding carboxylic acids is 1. The Bertz CT molecular complexity index is 1320. The van der Waals surface area contributed by atoms with E-state index in [-0.39, 0.29) is 11.3 Å². The summed E-state index contributed by atoms with van der Waals surface area (Å²) in [5.41, 5.74) is 4.40. The summed E-state index contributed by atoms with van der Waals surface area (Å²) in [5, 5.41) is 15.3. The number of benzene rings is 1. The number of aromatic nitrogens is 6. The molecule has 0 bridgehead atoms. The van der Waals surface area contributed by atoms with Gasteiger partial charge in [-0.05, 0) is 34.6 Å². The van der Waals surface area contributed by atoms with Crippen LogP contribution in [0.2, 0.25) is 0 Å². The van der Waals surface area contributed by atoms with Gasteiger partial charge >= 0.3 is 5.82 Å². The Morgan fingerprint density at radius 1 is 1.26 bits per heavy atom. The molecule has 0 fully saturated rings. The first-order chi connectivity index (χ1) is 14.8. The number of hydrogen-bond acceptors (Lipinski definition) is 5. The van der Waals surface area contributed by atoms with E-state index in [1.807, 2.05) is 49.3 Å². The predicted molar refractivity (Wildman–Crippen MR) is 117 cm³/mol. The molecular weight excluding hydrogens is 392 g/mol. The van der Waals surface area contributed by atoms with Gasteiger partial charge in [-0.15, -0.1) is 0 Å². The third kappa shape index (κ3) is 3.41. The normalized spacial score (nSPS) is 15.4. The monoisotopic (exact) mass is 417 g/mol. The molecule has 4 aromatic rings. The predicted octanol–water partition coefficient (Wildman–Crippen LogP) is 2.71. The fourth-order valence-electron chi connectivity index (χ4n) is 4.12. The highest BCUT2D eigenvalue weighted by molar-refractivity contribution is 5.93. The third-order valence-electron chi connectivity index (χ3n) is 5.83. The molecule has 1 aliphatic heterocycles. The summed E-state index contributed by atoms with van der Waals surface area (Å²) in [4.78, 5) is 16.8. The van der Waals surface area contributed by atoms with Gasteiger partial charge in [-0.25, -0.2) is 4.57 Å². The van der Waals surface area contributed by atoms with E-state index in [0.29, 0.717) is 12.4 Å². The number of anilines is 3. The minimum absolute atomic E-state index is 0.0449. The first-order valence-electron chi connectivity index (χ1n) is 10.3. The van der Waals surface area contributed by atoms with Crippen LogP contribution >= 0.6 is 0 Å². The molecule has 1 aliphatic rings. The van der Waals surface area contributed by atoms with Crippen molar-refractivity contribution < 1.29 is 9.36 Å². The molecule has 0 spiro atoms. The number of hydrogen-bond donors (Lipinski definition) is 2. The number of aryl methyl sites for hydroxylation is 2. The molecule has 3 aromatic heterocycles. The molecule has 0 aliphatic carbocycles.